The summed E-state index contributed by atoms with van der Waals surface area (Å²) >= 11 is 6.12. The molecular formula is C13H17ClO. The van der Waals surface area contributed by atoms with E-state index < -0.39 is 6.10 Å². The number of halogens is 1. The normalized spacial score (nSPS) is 12.5. The van der Waals surface area contributed by atoms with E-state index in [1.165, 1.54) is 0 Å². The Balaban J connectivity index is 2.68. The first-order valence-electron chi connectivity index (χ1n) is 5.20. The van der Waals surface area contributed by atoms with Crippen LogP contribution < -0.4 is 0 Å². The number of aryl methyl sites for hydroxylation is 1. The van der Waals surface area contributed by atoms with E-state index in [0.717, 1.165) is 30.4 Å². The number of hydrogen-bond donors (Lipinski definition) is 1. The Bertz CT molecular complexity index is 333. The molecule has 0 saturated carbocycles. The zero-order valence-electron chi connectivity index (χ0n) is 9.04. The first-order chi connectivity index (χ1) is 7.16. The number of rotatable bonds is 5. The summed E-state index contributed by atoms with van der Waals surface area (Å²) in [4.78, 5) is 0. The molecule has 1 rings (SSSR count). The maximum absolute atomic E-state index is 9.93. The highest BCUT2D eigenvalue weighted by molar-refractivity contribution is 6.32. The first kappa shape index (κ1) is 12.3. The third-order valence-corrected chi connectivity index (χ3v) is 2.98. The lowest BCUT2D eigenvalue weighted by atomic mass is 10.0. The molecule has 82 valence electrons. The van der Waals surface area contributed by atoms with E-state index in [-0.39, 0.29) is 0 Å². The Morgan fingerprint density at radius 3 is 2.93 bits per heavy atom. The topological polar surface area (TPSA) is 20.2 Å². The van der Waals surface area contributed by atoms with Crippen molar-refractivity contribution in [1.29, 1.82) is 0 Å². The zero-order valence-corrected chi connectivity index (χ0v) is 9.80. The van der Waals surface area contributed by atoms with Gasteiger partial charge < -0.3 is 5.11 Å². The van der Waals surface area contributed by atoms with E-state index >= 15 is 0 Å². The summed E-state index contributed by atoms with van der Waals surface area (Å²) in [7, 11) is 0. The minimum absolute atomic E-state index is 0.461. The molecule has 15 heavy (non-hydrogen) atoms. The maximum Gasteiger partial charge on any atom is 0.0804 e. The second kappa shape index (κ2) is 5.94. The molecule has 2 heteroatoms. The second-order valence-electron chi connectivity index (χ2n) is 3.71. The van der Waals surface area contributed by atoms with Crippen LogP contribution in [0.25, 0.3) is 0 Å². The second-order valence-corrected chi connectivity index (χ2v) is 4.09. The fourth-order valence-electron chi connectivity index (χ4n) is 1.54. The van der Waals surface area contributed by atoms with Crippen LogP contribution in [0.1, 0.15) is 36.5 Å². The number of unbranched alkanes of at least 4 members (excludes halogenated alkanes) is 1. The third-order valence-electron chi connectivity index (χ3n) is 2.47. The standard InChI is InChI=1S/C13H17ClO/c1-3-4-5-9-12(15)11-8-6-7-10(2)13(11)14/h3,6-8,12,15H,1,4-5,9H2,2H3. The number of hydrogen-bond acceptors (Lipinski definition) is 1. The van der Waals surface area contributed by atoms with Crippen molar-refractivity contribution in [3.8, 4) is 0 Å². The summed E-state index contributed by atoms with van der Waals surface area (Å²) < 4.78 is 0. The average Bonchev–Trinajstić information content (AvgIpc) is 2.22. The molecule has 0 amide bonds. The fourth-order valence-corrected chi connectivity index (χ4v) is 1.79. The minimum atomic E-state index is -0.461. The molecule has 1 aromatic rings. The quantitative estimate of drug-likeness (QED) is 0.591. The minimum Gasteiger partial charge on any atom is -0.388 e. The van der Waals surface area contributed by atoms with Crippen LogP contribution in [0, 0.1) is 6.92 Å². The van der Waals surface area contributed by atoms with Crippen LogP contribution in [0.2, 0.25) is 5.02 Å². The lowest BCUT2D eigenvalue weighted by Crippen LogP contribution is -1.99. The van der Waals surface area contributed by atoms with Crippen LogP contribution in [0.4, 0.5) is 0 Å². The third kappa shape index (κ3) is 3.37. The van der Waals surface area contributed by atoms with Crippen molar-refractivity contribution in [2.75, 3.05) is 0 Å². The van der Waals surface area contributed by atoms with Gasteiger partial charge in [-0.25, -0.2) is 0 Å². The van der Waals surface area contributed by atoms with E-state index in [9.17, 15) is 5.11 Å². The molecule has 1 nitrogen and oxygen atoms in total. The lowest BCUT2D eigenvalue weighted by molar-refractivity contribution is 0.165. The van der Waals surface area contributed by atoms with Crippen LogP contribution >= 0.6 is 11.6 Å². The molecule has 0 aliphatic carbocycles. The molecule has 1 atom stereocenters. The molecule has 0 saturated heterocycles. The molecule has 0 bridgehead atoms. The van der Waals surface area contributed by atoms with Crippen molar-refractivity contribution in [1.82, 2.24) is 0 Å². The smallest absolute Gasteiger partial charge is 0.0804 e. The predicted octanol–water partition coefficient (Wildman–Crippen LogP) is 4.04. The van der Waals surface area contributed by atoms with E-state index in [0.29, 0.717) is 5.02 Å². The molecule has 1 N–H and O–H groups in total. The van der Waals surface area contributed by atoms with Crippen LogP contribution in [0.15, 0.2) is 30.9 Å². The zero-order chi connectivity index (χ0) is 11.3. The van der Waals surface area contributed by atoms with Gasteiger partial charge in [-0.15, -0.1) is 6.58 Å². The van der Waals surface area contributed by atoms with Gasteiger partial charge in [-0.1, -0.05) is 35.9 Å². The van der Waals surface area contributed by atoms with Gasteiger partial charge in [0.15, 0.2) is 0 Å². The molecule has 0 fully saturated rings. The van der Waals surface area contributed by atoms with Gasteiger partial charge in [-0.2, -0.15) is 0 Å². The number of aliphatic hydroxyl groups excluding tert-OH is 1. The Morgan fingerprint density at radius 2 is 2.27 bits per heavy atom. The van der Waals surface area contributed by atoms with Crippen molar-refractivity contribution >= 4 is 11.6 Å². The highest BCUT2D eigenvalue weighted by atomic mass is 35.5. The summed E-state index contributed by atoms with van der Waals surface area (Å²) in [6.45, 7) is 5.60. The highest BCUT2D eigenvalue weighted by Gasteiger charge is 2.11. The van der Waals surface area contributed by atoms with Crippen LogP contribution in [-0.4, -0.2) is 5.11 Å². The molecule has 1 aromatic carbocycles. The maximum atomic E-state index is 9.93. The van der Waals surface area contributed by atoms with Crippen molar-refractivity contribution in [3.05, 3.63) is 47.0 Å². The van der Waals surface area contributed by atoms with E-state index in [4.69, 9.17) is 11.6 Å². The first-order valence-corrected chi connectivity index (χ1v) is 5.58. The van der Waals surface area contributed by atoms with Gasteiger partial charge in [0, 0.05) is 5.02 Å². The van der Waals surface area contributed by atoms with Gasteiger partial charge in [-0.05, 0) is 37.3 Å². The molecular weight excluding hydrogens is 208 g/mol. The number of benzene rings is 1. The SMILES string of the molecule is C=CCCCC(O)c1cccc(C)c1Cl. The van der Waals surface area contributed by atoms with Crippen LogP contribution in [0.3, 0.4) is 0 Å². The van der Waals surface area contributed by atoms with E-state index in [2.05, 4.69) is 6.58 Å². The molecule has 0 heterocycles. The largest absolute Gasteiger partial charge is 0.388 e. The van der Waals surface area contributed by atoms with Gasteiger partial charge in [0.25, 0.3) is 0 Å². The van der Waals surface area contributed by atoms with Gasteiger partial charge >= 0.3 is 0 Å². The Labute approximate surface area is 96.4 Å². The summed E-state index contributed by atoms with van der Waals surface area (Å²) in [5.74, 6) is 0. The summed E-state index contributed by atoms with van der Waals surface area (Å²) in [5.41, 5.74) is 1.85. The summed E-state index contributed by atoms with van der Waals surface area (Å²) in [5, 5.41) is 10.6. The molecule has 0 aliphatic heterocycles. The van der Waals surface area contributed by atoms with Gasteiger partial charge in [0.1, 0.15) is 0 Å². The Kier molecular flexibility index (Phi) is 4.86. The van der Waals surface area contributed by atoms with Crippen molar-refractivity contribution < 1.29 is 5.11 Å². The average molecular weight is 225 g/mol. The number of allylic oxidation sites excluding steroid dienone is 1. The number of aliphatic hydroxyl groups is 1. The molecule has 0 aromatic heterocycles. The van der Waals surface area contributed by atoms with Crippen molar-refractivity contribution in [3.63, 3.8) is 0 Å². The Hall–Kier alpha value is -0.790. The molecule has 0 aliphatic rings. The fraction of sp³-hybridized carbons (Fsp3) is 0.385. The summed E-state index contributed by atoms with van der Waals surface area (Å²) in [6, 6.07) is 5.75. The molecule has 0 radical (unpaired) electrons. The van der Waals surface area contributed by atoms with E-state index in [1.54, 1.807) is 0 Å². The highest BCUT2D eigenvalue weighted by Crippen LogP contribution is 2.28. The van der Waals surface area contributed by atoms with Gasteiger partial charge in [-0.3, -0.25) is 0 Å². The van der Waals surface area contributed by atoms with Crippen LogP contribution in [0.5, 0.6) is 0 Å². The summed E-state index contributed by atoms with van der Waals surface area (Å²) in [6.07, 6.45) is 4.01. The van der Waals surface area contributed by atoms with Crippen molar-refractivity contribution in [2.45, 2.75) is 32.3 Å². The van der Waals surface area contributed by atoms with Gasteiger partial charge in [0.05, 0.1) is 6.10 Å². The van der Waals surface area contributed by atoms with Crippen molar-refractivity contribution in [2.24, 2.45) is 0 Å². The Morgan fingerprint density at radius 1 is 1.53 bits per heavy atom. The monoisotopic (exact) mass is 224 g/mol. The molecule has 1 unspecified atom stereocenters. The lowest BCUT2D eigenvalue weighted by Gasteiger charge is -2.13. The predicted molar refractivity (Wildman–Crippen MR) is 65.2 cm³/mol. The van der Waals surface area contributed by atoms with Crippen LogP contribution in [-0.2, 0) is 0 Å². The molecule has 0 spiro atoms. The van der Waals surface area contributed by atoms with Gasteiger partial charge in [0.2, 0.25) is 0 Å². The van der Waals surface area contributed by atoms with E-state index in [1.807, 2.05) is 31.2 Å².